The van der Waals surface area contributed by atoms with Crippen LogP contribution in [0.15, 0.2) is 0 Å². The molecule has 0 aromatic carbocycles. The first kappa shape index (κ1) is 15.7. The predicted octanol–water partition coefficient (Wildman–Crippen LogP) is -0.359. The average molecular weight is 299 g/mol. The lowest BCUT2D eigenvalue weighted by atomic mass is 9.74. The van der Waals surface area contributed by atoms with Crippen LogP contribution in [0.5, 0.6) is 0 Å². The minimum Gasteiger partial charge on any atom is -0.467 e. The third-order valence-corrected chi connectivity index (χ3v) is 3.85. The number of hydrogen-bond acceptors (Lipinski definition) is 8. The zero-order valence-electron chi connectivity index (χ0n) is 12.0. The first-order valence-corrected chi connectivity index (χ1v) is 6.55. The van der Waals surface area contributed by atoms with Crippen molar-refractivity contribution in [2.24, 2.45) is 0 Å². The molecule has 0 aliphatic carbocycles. The van der Waals surface area contributed by atoms with Crippen molar-refractivity contribution in [1.82, 2.24) is 0 Å². The second-order valence-electron chi connectivity index (χ2n) is 5.19. The van der Waals surface area contributed by atoms with Gasteiger partial charge in [-0.05, 0) is 20.3 Å². The van der Waals surface area contributed by atoms with E-state index in [4.69, 9.17) is 14.2 Å². The Morgan fingerprint density at radius 1 is 1.48 bits per heavy atom. The highest BCUT2D eigenvalue weighted by molar-refractivity contribution is 5.92. The number of fused-ring (bicyclic) bond motifs is 2. The molecule has 4 atom stereocenters. The zero-order valence-corrected chi connectivity index (χ0v) is 12.0. The second-order valence-corrected chi connectivity index (χ2v) is 5.19. The summed E-state index contributed by atoms with van der Waals surface area (Å²) in [6.07, 6.45) is -1.52. The summed E-state index contributed by atoms with van der Waals surface area (Å²) in [6, 6.07) is 1.66. The van der Waals surface area contributed by atoms with E-state index < -0.39 is 35.0 Å². The fourth-order valence-corrected chi connectivity index (χ4v) is 2.77. The number of carbonyl (C=O) groups is 2. The van der Waals surface area contributed by atoms with Gasteiger partial charge in [-0.2, -0.15) is 5.26 Å². The van der Waals surface area contributed by atoms with E-state index in [0.29, 0.717) is 0 Å². The first-order valence-electron chi connectivity index (χ1n) is 6.55. The molecule has 116 valence electrons. The fourth-order valence-electron chi connectivity index (χ4n) is 2.77. The highest BCUT2D eigenvalue weighted by Gasteiger charge is 2.76. The number of nitrogens with zero attached hydrogens (tertiary/aromatic N) is 1. The lowest BCUT2D eigenvalue weighted by molar-refractivity contribution is -0.252. The van der Waals surface area contributed by atoms with E-state index >= 15 is 0 Å². The molecule has 0 spiro atoms. The van der Waals surface area contributed by atoms with Crippen molar-refractivity contribution in [2.45, 2.75) is 49.8 Å². The molecule has 0 radical (unpaired) electrons. The fraction of sp³-hybridized carbons (Fsp3) is 0.769. The van der Waals surface area contributed by atoms with E-state index in [9.17, 15) is 20.0 Å². The molecule has 2 aliphatic rings. The highest BCUT2D eigenvalue weighted by Crippen LogP contribution is 2.52. The molecular weight excluding hydrogens is 282 g/mol. The summed E-state index contributed by atoms with van der Waals surface area (Å²) in [5.74, 6) is -3.20. The zero-order chi connectivity index (χ0) is 15.9. The minimum absolute atomic E-state index is 0.00391. The molecule has 0 aromatic heterocycles. The molecule has 2 rings (SSSR count). The van der Waals surface area contributed by atoms with E-state index in [2.05, 4.69) is 4.74 Å². The number of aliphatic hydroxyl groups is 1. The van der Waals surface area contributed by atoms with Gasteiger partial charge in [0, 0.05) is 6.42 Å². The number of ether oxygens (including phenoxy) is 4. The van der Waals surface area contributed by atoms with Crippen molar-refractivity contribution in [3.8, 4) is 6.07 Å². The number of rotatable bonds is 3. The standard InChI is InChI=1S/C13H17NO7/c1-4-19-10(16)13-8(9(15)18-3)20-11(2,21-13)5-6-12(13,17)7-14/h8,17H,4-6H2,1-3H3/t8-,11-,12+,13+/m1/s1. The molecule has 2 fully saturated rings. The van der Waals surface area contributed by atoms with Crippen molar-refractivity contribution in [3.05, 3.63) is 0 Å². The molecule has 0 aromatic rings. The predicted molar refractivity (Wildman–Crippen MR) is 65.5 cm³/mol. The van der Waals surface area contributed by atoms with Crippen molar-refractivity contribution < 1.29 is 33.6 Å². The molecule has 0 amide bonds. The van der Waals surface area contributed by atoms with Gasteiger partial charge >= 0.3 is 11.9 Å². The van der Waals surface area contributed by atoms with Crippen molar-refractivity contribution >= 4 is 11.9 Å². The smallest absolute Gasteiger partial charge is 0.346 e. The van der Waals surface area contributed by atoms with Crippen LogP contribution in [-0.4, -0.2) is 53.9 Å². The Hall–Kier alpha value is -1.69. The summed E-state index contributed by atoms with van der Waals surface area (Å²) in [6.45, 7) is 3.09. The van der Waals surface area contributed by atoms with E-state index in [1.165, 1.54) is 6.92 Å². The topological polar surface area (TPSA) is 115 Å². The van der Waals surface area contributed by atoms with Gasteiger partial charge in [0.25, 0.3) is 0 Å². The Bertz CT molecular complexity index is 515. The molecule has 2 bridgehead atoms. The molecule has 0 saturated carbocycles. The summed E-state index contributed by atoms with van der Waals surface area (Å²) in [5.41, 5.74) is -4.49. The number of nitriles is 1. The van der Waals surface area contributed by atoms with E-state index in [1.54, 1.807) is 13.0 Å². The first-order chi connectivity index (χ1) is 9.78. The van der Waals surface area contributed by atoms with Crippen LogP contribution in [0, 0.1) is 11.3 Å². The second kappa shape index (κ2) is 4.94. The lowest BCUT2D eigenvalue weighted by Crippen LogP contribution is -2.68. The van der Waals surface area contributed by atoms with Crippen LogP contribution in [0.2, 0.25) is 0 Å². The lowest BCUT2D eigenvalue weighted by Gasteiger charge is -2.42. The van der Waals surface area contributed by atoms with Crippen molar-refractivity contribution in [3.63, 3.8) is 0 Å². The quantitative estimate of drug-likeness (QED) is 0.555. The Morgan fingerprint density at radius 2 is 2.14 bits per heavy atom. The largest absolute Gasteiger partial charge is 0.467 e. The molecular formula is C13H17NO7. The summed E-state index contributed by atoms with van der Waals surface area (Å²) >= 11 is 0. The van der Waals surface area contributed by atoms with Gasteiger partial charge in [-0.3, -0.25) is 0 Å². The molecule has 0 unspecified atom stereocenters. The monoisotopic (exact) mass is 299 g/mol. The third-order valence-electron chi connectivity index (χ3n) is 3.85. The van der Waals surface area contributed by atoms with Gasteiger partial charge in [-0.25, -0.2) is 9.59 Å². The van der Waals surface area contributed by atoms with E-state index in [-0.39, 0.29) is 19.4 Å². The SMILES string of the molecule is CCOC(=O)[C@]12O[C@](C)(CC[C@]1(O)C#N)O[C@@H]2C(=O)OC. The molecule has 8 heteroatoms. The van der Waals surface area contributed by atoms with Crippen molar-refractivity contribution in [1.29, 1.82) is 5.26 Å². The maximum atomic E-state index is 12.4. The maximum absolute atomic E-state index is 12.4. The number of esters is 2. The molecule has 1 N–H and O–H groups in total. The van der Waals surface area contributed by atoms with Crippen LogP contribution in [-0.2, 0) is 28.5 Å². The molecule has 21 heavy (non-hydrogen) atoms. The van der Waals surface area contributed by atoms with Gasteiger partial charge in [0.15, 0.2) is 11.4 Å². The van der Waals surface area contributed by atoms with E-state index in [1.807, 2.05) is 0 Å². The molecule has 2 aliphatic heterocycles. The van der Waals surface area contributed by atoms with Gasteiger partial charge in [-0.15, -0.1) is 0 Å². The van der Waals surface area contributed by atoms with Crippen LogP contribution in [0.4, 0.5) is 0 Å². The molecule has 2 saturated heterocycles. The number of hydrogen-bond donors (Lipinski definition) is 1. The molecule has 8 nitrogen and oxygen atoms in total. The number of methoxy groups -OCH3 is 1. The van der Waals surface area contributed by atoms with Crippen LogP contribution >= 0.6 is 0 Å². The third kappa shape index (κ3) is 2.00. The molecule has 2 heterocycles. The van der Waals surface area contributed by atoms with Gasteiger partial charge in [0.1, 0.15) is 6.07 Å². The van der Waals surface area contributed by atoms with Gasteiger partial charge in [0.2, 0.25) is 11.7 Å². The number of carbonyl (C=O) groups excluding carboxylic acids is 2. The summed E-state index contributed by atoms with van der Waals surface area (Å²) in [7, 11) is 1.11. The average Bonchev–Trinajstić information content (AvgIpc) is 2.75. The van der Waals surface area contributed by atoms with Gasteiger partial charge < -0.3 is 24.1 Å². The Kier molecular flexibility index (Phi) is 3.70. The minimum atomic E-state index is -2.25. The van der Waals surface area contributed by atoms with E-state index in [0.717, 1.165) is 7.11 Å². The van der Waals surface area contributed by atoms with Crippen LogP contribution in [0.25, 0.3) is 0 Å². The Morgan fingerprint density at radius 3 is 2.67 bits per heavy atom. The normalized spacial score (nSPS) is 41.2. The van der Waals surface area contributed by atoms with Crippen LogP contribution in [0.1, 0.15) is 26.7 Å². The van der Waals surface area contributed by atoms with Crippen molar-refractivity contribution in [2.75, 3.05) is 13.7 Å². The Labute approximate surface area is 121 Å². The highest BCUT2D eigenvalue weighted by atomic mass is 16.8. The van der Waals surface area contributed by atoms with Gasteiger partial charge in [-0.1, -0.05) is 0 Å². The van der Waals surface area contributed by atoms with Gasteiger partial charge in [0.05, 0.1) is 13.7 Å². The summed E-state index contributed by atoms with van der Waals surface area (Å²) in [5, 5.41) is 19.9. The van der Waals surface area contributed by atoms with Crippen LogP contribution < -0.4 is 0 Å². The Balaban J connectivity index is 2.59. The maximum Gasteiger partial charge on any atom is 0.346 e. The van der Waals surface area contributed by atoms with Crippen LogP contribution in [0.3, 0.4) is 0 Å². The summed E-state index contributed by atoms with van der Waals surface area (Å²) < 4.78 is 20.6. The summed E-state index contributed by atoms with van der Waals surface area (Å²) in [4.78, 5) is 24.3.